The zero-order valence-corrected chi connectivity index (χ0v) is 16.2. The largest absolute Gasteiger partial charge is 0.489 e. The Bertz CT molecular complexity index is 1080. The van der Waals surface area contributed by atoms with Crippen LogP contribution in [0.3, 0.4) is 0 Å². The number of non-ortho nitro benzene ring substituents is 1. The van der Waals surface area contributed by atoms with Crippen LogP contribution in [0.5, 0.6) is 5.75 Å². The average Bonchev–Trinajstić information content (AvgIpc) is 2.79. The maximum Gasteiger partial charge on any atom is 0.329 e. The van der Waals surface area contributed by atoms with Crippen molar-refractivity contribution in [1.82, 2.24) is 5.43 Å². The minimum Gasteiger partial charge on any atom is -0.489 e. The molecule has 0 spiro atoms. The second-order valence-corrected chi connectivity index (χ2v) is 6.30. The van der Waals surface area contributed by atoms with E-state index in [0.717, 1.165) is 5.56 Å². The van der Waals surface area contributed by atoms with E-state index in [4.69, 9.17) is 4.74 Å². The number of carbonyl (C=O) groups excluding carboxylic acids is 2. The Hall–Kier alpha value is -4.53. The first kappa shape index (κ1) is 21.2. The third kappa shape index (κ3) is 6.50. The molecule has 0 radical (unpaired) electrons. The number of nitro groups is 1. The molecule has 0 unspecified atom stereocenters. The normalized spacial score (nSPS) is 10.5. The highest BCUT2D eigenvalue weighted by Crippen LogP contribution is 2.17. The van der Waals surface area contributed by atoms with Crippen LogP contribution in [0.25, 0.3) is 0 Å². The minimum atomic E-state index is -0.956. The number of nitrogens with zero attached hydrogens (tertiary/aromatic N) is 2. The molecule has 0 aliphatic rings. The van der Waals surface area contributed by atoms with Gasteiger partial charge in [0.1, 0.15) is 12.4 Å². The maximum atomic E-state index is 12.0. The Morgan fingerprint density at radius 2 is 1.61 bits per heavy atom. The lowest BCUT2D eigenvalue weighted by Gasteiger charge is -2.08. The number of ether oxygens (including phenoxy) is 1. The highest BCUT2D eigenvalue weighted by atomic mass is 16.6. The van der Waals surface area contributed by atoms with Crippen LogP contribution >= 0.6 is 0 Å². The maximum absolute atomic E-state index is 12.0. The van der Waals surface area contributed by atoms with Crippen LogP contribution in [0.4, 0.5) is 11.4 Å². The van der Waals surface area contributed by atoms with Gasteiger partial charge in [0.2, 0.25) is 0 Å². The summed E-state index contributed by atoms with van der Waals surface area (Å²) in [4.78, 5) is 33.9. The molecule has 2 amide bonds. The number of anilines is 1. The SMILES string of the molecule is O=C(N/N=C\c1ccc([N+](=O)[O-])cc1)C(=O)Nc1ccc(OCc2ccccc2)cc1. The van der Waals surface area contributed by atoms with Crippen molar-refractivity contribution < 1.29 is 19.2 Å². The van der Waals surface area contributed by atoms with Gasteiger partial charge in [0.05, 0.1) is 11.1 Å². The number of hydrogen-bond donors (Lipinski definition) is 2. The molecule has 0 atom stereocenters. The molecule has 9 nitrogen and oxygen atoms in total. The van der Waals surface area contributed by atoms with Crippen LogP contribution in [0, 0.1) is 10.1 Å². The Balaban J connectivity index is 1.46. The third-order valence-electron chi connectivity index (χ3n) is 4.05. The summed E-state index contributed by atoms with van der Waals surface area (Å²) in [6.07, 6.45) is 1.27. The summed E-state index contributed by atoms with van der Waals surface area (Å²) >= 11 is 0. The summed E-state index contributed by atoms with van der Waals surface area (Å²) in [6.45, 7) is 0.418. The zero-order valence-electron chi connectivity index (χ0n) is 16.2. The molecule has 0 aromatic heterocycles. The van der Waals surface area contributed by atoms with E-state index in [0.29, 0.717) is 23.6 Å². The number of hydrazone groups is 1. The second kappa shape index (κ2) is 10.3. The van der Waals surface area contributed by atoms with Crippen molar-refractivity contribution in [2.24, 2.45) is 5.10 Å². The highest BCUT2D eigenvalue weighted by molar-refractivity contribution is 6.39. The van der Waals surface area contributed by atoms with Gasteiger partial charge in [0.25, 0.3) is 5.69 Å². The van der Waals surface area contributed by atoms with Gasteiger partial charge in [-0.3, -0.25) is 19.7 Å². The number of carbonyl (C=O) groups is 2. The van der Waals surface area contributed by atoms with E-state index in [-0.39, 0.29) is 5.69 Å². The predicted octanol–water partition coefficient (Wildman–Crippen LogP) is 3.26. The van der Waals surface area contributed by atoms with Gasteiger partial charge < -0.3 is 10.1 Å². The zero-order chi connectivity index (χ0) is 22.1. The van der Waals surface area contributed by atoms with E-state index in [1.807, 2.05) is 30.3 Å². The van der Waals surface area contributed by atoms with Gasteiger partial charge in [-0.2, -0.15) is 5.10 Å². The van der Waals surface area contributed by atoms with Crippen LogP contribution in [-0.4, -0.2) is 23.0 Å². The van der Waals surface area contributed by atoms with Gasteiger partial charge in [-0.15, -0.1) is 0 Å². The lowest BCUT2D eigenvalue weighted by Crippen LogP contribution is -2.32. The van der Waals surface area contributed by atoms with Gasteiger partial charge in [0.15, 0.2) is 0 Å². The summed E-state index contributed by atoms with van der Waals surface area (Å²) in [7, 11) is 0. The van der Waals surface area contributed by atoms with Crippen molar-refractivity contribution in [2.45, 2.75) is 6.61 Å². The molecule has 31 heavy (non-hydrogen) atoms. The fourth-order valence-corrected chi connectivity index (χ4v) is 2.46. The van der Waals surface area contributed by atoms with Gasteiger partial charge in [-0.05, 0) is 47.5 Å². The Morgan fingerprint density at radius 3 is 2.26 bits per heavy atom. The molecule has 156 valence electrons. The van der Waals surface area contributed by atoms with Gasteiger partial charge in [-0.1, -0.05) is 30.3 Å². The lowest BCUT2D eigenvalue weighted by molar-refractivity contribution is -0.384. The smallest absolute Gasteiger partial charge is 0.329 e. The Kier molecular flexibility index (Phi) is 7.04. The van der Waals surface area contributed by atoms with E-state index in [1.165, 1.54) is 30.5 Å². The number of nitrogens with one attached hydrogen (secondary N) is 2. The molecule has 3 rings (SSSR count). The van der Waals surface area contributed by atoms with Gasteiger partial charge in [-0.25, -0.2) is 5.43 Å². The van der Waals surface area contributed by atoms with E-state index >= 15 is 0 Å². The molecule has 9 heteroatoms. The van der Waals surface area contributed by atoms with Crippen molar-refractivity contribution in [2.75, 3.05) is 5.32 Å². The van der Waals surface area contributed by atoms with Crippen LogP contribution in [-0.2, 0) is 16.2 Å². The number of hydrogen-bond acceptors (Lipinski definition) is 6. The van der Waals surface area contributed by atoms with E-state index < -0.39 is 16.7 Å². The molecule has 3 aromatic carbocycles. The summed E-state index contributed by atoms with van der Waals surface area (Å²) in [5, 5.41) is 16.7. The van der Waals surface area contributed by atoms with Gasteiger partial charge in [0, 0.05) is 17.8 Å². The number of nitro benzene ring substituents is 1. The fraction of sp³-hybridized carbons (Fsp3) is 0.0455. The third-order valence-corrected chi connectivity index (χ3v) is 4.05. The molecule has 2 N–H and O–H groups in total. The molecular formula is C22H18N4O5. The molecule has 0 bridgehead atoms. The minimum absolute atomic E-state index is 0.0583. The summed E-state index contributed by atoms with van der Waals surface area (Å²) in [5.41, 5.74) is 4.02. The topological polar surface area (TPSA) is 123 Å². The second-order valence-electron chi connectivity index (χ2n) is 6.30. The number of rotatable bonds is 7. The van der Waals surface area contributed by atoms with E-state index in [1.54, 1.807) is 24.3 Å². The van der Waals surface area contributed by atoms with Crippen molar-refractivity contribution in [3.8, 4) is 5.75 Å². The molecule has 0 heterocycles. The predicted molar refractivity (Wildman–Crippen MR) is 115 cm³/mol. The van der Waals surface area contributed by atoms with Crippen LogP contribution in [0.1, 0.15) is 11.1 Å². The number of benzene rings is 3. The van der Waals surface area contributed by atoms with Crippen molar-refractivity contribution in [1.29, 1.82) is 0 Å². The van der Waals surface area contributed by atoms with Crippen molar-refractivity contribution >= 4 is 29.4 Å². The van der Waals surface area contributed by atoms with E-state index in [2.05, 4.69) is 15.8 Å². The van der Waals surface area contributed by atoms with Crippen LogP contribution < -0.4 is 15.5 Å². The monoisotopic (exact) mass is 418 g/mol. The van der Waals surface area contributed by atoms with Crippen molar-refractivity contribution in [3.05, 3.63) is 100 Å². The van der Waals surface area contributed by atoms with Crippen LogP contribution in [0.2, 0.25) is 0 Å². The molecule has 0 saturated heterocycles. The van der Waals surface area contributed by atoms with Crippen molar-refractivity contribution in [3.63, 3.8) is 0 Å². The summed E-state index contributed by atoms with van der Waals surface area (Å²) < 4.78 is 5.67. The first-order valence-electron chi connectivity index (χ1n) is 9.17. The Morgan fingerprint density at radius 1 is 0.935 bits per heavy atom. The molecule has 0 saturated carbocycles. The first-order chi connectivity index (χ1) is 15.0. The molecule has 0 aliphatic heterocycles. The summed E-state index contributed by atoms with van der Waals surface area (Å²) in [5.74, 6) is -1.22. The van der Waals surface area contributed by atoms with E-state index in [9.17, 15) is 19.7 Å². The average molecular weight is 418 g/mol. The molecule has 0 fully saturated rings. The van der Waals surface area contributed by atoms with Gasteiger partial charge >= 0.3 is 11.8 Å². The number of amides is 2. The van der Waals surface area contributed by atoms with Crippen LogP contribution in [0.15, 0.2) is 84.0 Å². The molecular weight excluding hydrogens is 400 g/mol. The molecule has 3 aromatic rings. The summed E-state index contributed by atoms with van der Waals surface area (Å²) in [6, 6.07) is 21.9. The standard InChI is InChI=1S/C22H18N4O5/c27-21(22(28)25-23-14-16-6-10-19(11-7-16)26(29)30)24-18-8-12-20(13-9-18)31-15-17-4-2-1-3-5-17/h1-14H,15H2,(H,24,27)(H,25,28)/b23-14-. The quantitative estimate of drug-likeness (QED) is 0.264. The highest BCUT2D eigenvalue weighted by Gasteiger charge is 2.13. The first-order valence-corrected chi connectivity index (χ1v) is 9.17. The fourth-order valence-electron chi connectivity index (χ4n) is 2.46. The molecule has 0 aliphatic carbocycles. The Labute approximate surface area is 177 Å². The lowest BCUT2D eigenvalue weighted by atomic mass is 10.2.